The van der Waals surface area contributed by atoms with Crippen LogP contribution < -0.4 is 5.32 Å². The summed E-state index contributed by atoms with van der Waals surface area (Å²) in [5.41, 5.74) is 3.55. The van der Waals surface area contributed by atoms with E-state index in [0.717, 1.165) is 15.9 Å². The highest BCUT2D eigenvalue weighted by Gasteiger charge is 2.07. The Bertz CT molecular complexity index is 756. The van der Waals surface area contributed by atoms with Gasteiger partial charge in [0.05, 0.1) is 26.7 Å². The molecule has 3 aromatic rings. The minimum Gasteiger partial charge on any atom is -0.340 e. The summed E-state index contributed by atoms with van der Waals surface area (Å²) < 4.78 is 1.05. The molecule has 1 aromatic carbocycles. The van der Waals surface area contributed by atoms with Gasteiger partial charge in [-0.25, -0.2) is 9.97 Å². The van der Waals surface area contributed by atoms with E-state index in [9.17, 15) is 10.1 Å². The second-order valence-electron chi connectivity index (χ2n) is 3.82. The summed E-state index contributed by atoms with van der Waals surface area (Å²) in [6.07, 6.45) is 1.41. The lowest BCUT2D eigenvalue weighted by Crippen LogP contribution is -1.95. The van der Waals surface area contributed by atoms with E-state index < -0.39 is 4.92 Å². The van der Waals surface area contributed by atoms with Gasteiger partial charge in [-0.15, -0.1) is 11.3 Å². The Morgan fingerprint density at radius 2 is 2.11 bits per heavy atom. The van der Waals surface area contributed by atoms with E-state index in [1.54, 1.807) is 16.8 Å². The van der Waals surface area contributed by atoms with E-state index in [2.05, 4.69) is 15.3 Å². The Balaban J connectivity index is 1.91. The normalized spacial score (nSPS) is 10.5. The third kappa shape index (κ3) is 2.36. The van der Waals surface area contributed by atoms with E-state index in [4.69, 9.17) is 0 Å². The molecule has 0 saturated heterocycles. The number of fused-ring (bicyclic) bond motifs is 1. The van der Waals surface area contributed by atoms with E-state index in [0.29, 0.717) is 5.82 Å². The van der Waals surface area contributed by atoms with Crippen molar-refractivity contribution < 1.29 is 4.92 Å². The Kier molecular flexibility index (Phi) is 2.81. The number of hydrogen-bond donors (Lipinski definition) is 1. The van der Waals surface area contributed by atoms with E-state index in [1.807, 2.05) is 18.2 Å². The SMILES string of the molecule is O=[N+]([O-])c1ccnc(Nc2ccc3ncsc3c2)c1. The summed E-state index contributed by atoms with van der Waals surface area (Å²) in [6, 6.07) is 8.45. The van der Waals surface area contributed by atoms with Gasteiger partial charge in [0, 0.05) is 18.0 Å². The molecule has 0 radical (unpaired) electrons. The summed E-state index contributed by atoms with van der Waals surface area (Å²) in [4.78, 5) is 18.5. The van der Waals surface area contributed by atoms with Crippen LogP contribution in [0.25, 0.3) is 10.2 Å². The number of nitrogens with zero attached hydrogens (tertiary/aromatic N) is 3. The molecule has 2 heterocycles. The molecule has 0 aliphatic carbocycles. The molecule has 2 aromatic heterocycles. The standard InChI is InChI=1S/C12H8N4O2S/c17-16(18)9-3-4-13-12(6-9)15-8-1-2-10-11(5-8)19-7-14-10/h1-7H,(H,13,15). The van der Waals surface area contributed by atoms with Crippen LogP contribution >= 0.6 is 11.3 Å². The molecule has 0 aliphatic rings. The maximum Gasteiger partial charge on any atom is 0.274 e. The monoisotopic (exact) mass is 272 g/mol. The molecule has 0 aliphatic heterocycles. The molecule has 7 heteroatoms. The van der Waals surface area contributed by atoms with Gasteiger partial charge in [-0.05, 0) is 18.2 Å². The Morgan fingerprint density at radius 1 is 1.21 bits per heavy atom. The van der Waals surface area contributed by atoms with Gasteiger partial charge in [-0.2, -0.15) is 0 Å². The predicted octanol–water partition coefficient (Wildman–Crippen LogP) is 3.34. The first-order valence-electron chi connectivity index (χ1n) is 5.43. The van der Waals surface area contributed by atoms with Crippen LogP contribution in [-0.4, -0.2) is 14.9 Å². The molecule has 1 N–H and O–H groups in total. The van der Waals surface area contributed by atoms with Gasteiger partial charge in [0.15, 0.2) is 0 Å². The predicted molar refractivity (Wildman–Crippen MR) is 73.8 cm³/mol. The van der Waals surface area contributed by atoms with Gasteiger partial charge in [0.2, 0.25) is 0 Å². The van der Waals surface area contributed by atoms with Crippen molar-refractivity contribution in [3.8, 4) is 0 Å². The molecule has 0 fully saturated rings. The summed E-state index contributed by atoms with van der Waals surface area (Å²) in [7, 11) is 0. The molecule has 0 saturated carbocycles. The lowest BCUT2D eigenvalue weighted by Gasteiger charge is -2.04. The number of aromatic nitrogens is 2. The number of nitrogens with one attached hydrogen (secondary N) is 1. The van der Waals surface area contributed by atoms with Crippen LogP contribution in [-0.2, 0) is 0 Å². The highest BCUT2D eigenvalue weighted by atomic mass is 32.1. The van der Waals surface area contributed by atoms with Crippen LogP contribution in [0.4, 0.5) is 17.2 Å². The van der Waals surface area contributed by atoms with Crippen LogP contribution in [0.5, 0.6) is 0 Å². The minimum absolute atomic E-state index is 0.0105. The van der Waals surface area contributed by atoms with Crippen molar-refractivity contribution in [1.29, 1.82) is 0 Å². The highest BCUT2D eigenvalue weighted by Crippen LogP contribution is 2.24. The first kappa shape index (κ1) is 11.5. The Hall–Kier alpha value is -2.54. The second kappa shape index (κ2) is 4.62. The summed E-state index contributed by atoms with van der Waals surface area (Å²) in [5.74, 6) is 0.443. The van der Waals surface area contributed by atoms with E-state index >= 15 is 0 Å². The van der Waals surface area contributed by atoms with Gasteiger partial charge >= 0.3 is 0 Å². The molecule has 0 amide bonds. The summed E-state index contributed by atoms with van der Waals surface area (Å²) >= 11 is 1.54. The van der Waals surface area contributed by atoms with Crippen molar-refractivity contribution in [3.63, 3.8) is 0 Å². The third-order valence-electron chi connectivity index (χ3n) is 2.56. The van der Waals surface area contributed by atoms with Gasteiger partial charge in [0.25, 0.3) is 5.69 Å². The zero-order valence-electron chi connectivity index (χ0n) is 9.61. The highest BCUT2D eigenvalue weighted by molar-refractivity contribution is 7.16. The second-order valence-corrected chi connectivity index (χ2v) is 4.70. The quantitative estimate of drug-likeness (QED) is 0.584. The van der Waals surface area contributed by atoms with Crippen molar-refractivity contribution in [1.82, 2.24) is 9.97 Å². The van der Waals surface area contributed by atoms with Crippen molar-refractivity contribution in [2.75, 3.05) is 5.32 Å². The maximum absolute atomic E-state index is 10.7. The first-order valence-corrected chi connectivity index (χ1v) is 6.31. The molecular weight excluding hydrogens is 264 g/mol. The Labute approximate surface area is 111 Å². The molecule has 3 rings (SSSR count). The van der Waals surface area contributed by atoms with Crippen LogP contribution in [0.3, 0.4) is 0 Å². The topological polar surface area (TPSA) is 81.0 Å². The average molecular weight is 272 g/mol. The molecule has 0 atom stereocenters. The van der Waals surface area contributed by atoms with Gasteiger partial charge in [-0.3, -0.25) is 10.1 Å². The fourth-order valence-corrected chi connectivity index (χ4v) is 2.40. The van der Waals surface area contributed by atoms with Crippen molar-refractivity contribution in [2.45, 2.75) is 0 Å². The number of thiazole rings is 1. The number of hydrogen-bond acceptors (Lipinski definition) is 6. The first-order chi connectivity index (χ1) is 9.22. The maximum atomic E-state index is 10.7. The fraction of sp³-hybridized carbons (Fsp3) is 0. The van der Waals surface area contributed by atoms with Gasteiger partial charge in [0.1, 0.15) is 5.82 Å². The van der Waals surface area contributed by atoms with Crippen LogP contribution in [0, 0.1) is 10.1 Å². The summed E-state index contributed by atoms with van der Waals surface area (Å²) in [5, 5.41) is 13.7. The number of pyridine rings is 1. The molecule has 0 unspecified atom stereocenters. The van der Waals surface area contributed by atoms with E-state index in [-0.39, 0.29) is 5.69 Å². The molecular formula is C12H8N4O2S. The van der Waals surface area contributed by atoms with Crippen molar-refractivity contribution in [3.05, 3.63) is 52.2 Å². The number of anilines is 2. The minimum atomic E-state index is -0.445. The zero-order valence-corrected chi connectivity index (χ0v) is 10.4. The van der Waals surface area contributed by atoms with Crippen LogP contribution in [0.1, 0.15) is 0 Å². The largest absolute Gasteiger partial charge is 0.340 e. The lowest BCUT2D eigenvalue weighted by atomic mass is 10.3. The van der Waals surface area contributed by atoms with Crippen LogP contribution in [0.2, 0.25) is 0 Å². The van der Waals surface area contributed by atoms with Gasteiger partial charge < -0.3 is 5.32 Å². The number of rotatable bonds is 3. The third-order valence-corrected chi connectivity index (χ3v) is 3.35. The van der Waals surface area contributed by atoms with Crippen LogP contribution in [0.15, 0.2) is 42.0 Å². The number of nitro groups is 1. The number of benzene rings is 1. The van der Waals surface area contributed by atoms with Crippen molar-refractivity contribution in [2.24, 2.45) is 0 Å². The smallest absolute Gasteiger partial charge is 0.274 e. The fourth-order valence-electron chi connectivity index (χ4n) is 1.68. The van der Waals surface area contributed by atoms with Gasteiger partial charge in [-0.1, -0.05) is 0 Å². The summed E-state index contributed by atoms with van der Waals surface area (Å²) in [6.45, 7) is 0. The van der Waals surface area contributed by atoms with E-state index in [1.165, 1.54) is 18.3 Å². The lowest BCUT2D eigenvalue weighted by molar-refractivity contribution is -0.384. The van der Waals surface area contributed by atoms with Crippen molar-refractivity contribution >= 4 is 38.7 Å². The molecule has 0 spiro atoms. The molecule has 6 nitrogen and oxygen atoms in total. The average Bonchev–Trinajstić information content (AvgIpc) is 2.86. The zero-order chi connectivity index (χ0) is 13.2. The molecule has 19 heavy (non-hydrogen) atoms. The molecule has 0 bridgehead atoms. The molecule has 94 valence electrons. The Morgan fingerprint density at radius 3 is 2.95 bits per heavy atom.